The van der Waals surface area contributed by atoms with Gasteiger partial charge in [-0.2, -0.15) is 10.3 Å². The molecule has 2 atom stereocenters. The Bertz CT molecular complexity index is 1080. The maximum Gasteiger partial charge on any atom is 0.223 e. The summed E-state index contributed by atoms with van der Waals surface area (Å²) in [6.45, 7) is 3.76. The van der Waals surface area contributed by atoms with Crippen molar-refractivity contribution >= 4 is 11.7 Å². The minimum absolute atomic E-state index is 0.153. The third kappa shape index (κ3) is 3.84. The summed E-state index contributed by atoms with van der Waals surface area (Å²) in [6, 6.07) is 3.84. The molecule has 172 valence electrons. The second-order valence-corrected chi connectivity index (χ2v) is 10.3. The molecule has 4 aliphatic rings. The molecule has 1 amide bonds. The average molecular weight is 448 g/mol. The van der Waals surface area contributed by atoms with Gasteiger partial charge in [-0.25, -0.2) is 9.97 Å². The number of nitrogens with zero attached hydrogens (tertiary/aromatic N) is 5. The Morgan fingerprint density at radius 3 is 2.67 bits per heavy atom. The van der Waals surface area contributed by atoms with E-state index in [0.29, 0.717) is 29.5 Å². The first kappa shape index (κ1) is 21.4. The molecule has 0 aliphatic heterocycles. The van der Waals surface area contributed by atoms with E-state index in [1.165, 1.54) is 0 Å². The third-order valence-corrected chi connectivity index (χ3v) is 7.71. The zero-order chi connectivity index (χ0) is 23.2. The molecule has 33 heavy (non-hydrogen) atoms. The molecule has 4 aliphatic carbocycles. The number of nitrogens with one attached hydrogen (secondary N) is 1. The summed E-state index contributed by atoms with van der Waals surface area (Å²) in [5, 5.41) is 12.9. The molecule has 2 unspecified atom stereocenters. The molecule has 4 fully saturated rings. The fraction of sp³-hybridized carbons (Fsp3) is 0.542. The largest absolute Gasteiger partial charge is 0.463 e. The molecular weight excluding hydrogens is 418 g/mol. The molecule has 0 aromatic carbocycles. The fourth-order valence-corrected chi connectivity index (χ4v) is 6.42. The molecule has 0 radical (unpaired) electrons. The van der Waals surface area contributed by atoms with Crippen LogP contribution in [0.25, 0.3) is 5.69 Å². The van der Waals surface area contributed by atoms with Crippen LogP contribution in [0.15, 0.2) is 42.0 Å². The zero-order valence-corrected chi connectivity index (χ0v) is 18.9. The van der Waals surface area contributed by atoms with Crippen molar-refractivity contribution in [2.75, 3.05) is 0 Å². The number of pyridine rings is 1. The lowest BCUT2D eigenvalue weighted by Crippen LogP contribution is -2.64. The van der Waals surface area contributed by atoms with Crippen molar-refractivity contribution in [3.63, 3.8) is 0 Å². The smallest absolute Gasteiger partial charge is 0.223 e. The van der Waals surface area contributed by atoms with E-state index in [1.807, 2.05) is 36.9 Å². The SMILES string of the molecule is CC(C)(Oc1ccc(-n2ccnc2)cn1)/C(=N\C#N)NC1C2CC3CC1CC(C(N)=O)(C3)C2. The van der Waals surface area contributed by atoms with Crippen molar-refractivity contribution in [2.45, 2.75) is 57.6 Å². The number of carbonyl (C=O) groups excluding carboxylic acids is 1. The van der Waals surface area contributed by atoms with Crippen LogP contribution in [0.5, 0.6) is 5.88 Å². The summed E-state index contributed by atoms with van der Waals surface area (Å²) in [4.78, 5) is 24.8. The number of rotatable bonds is 6. The summed E-state index contributed by atoms with van der Waals surface area (Å²) in [5.74, 6) is 2.02. The van der Waals surface area contributed by atoms with E-state index in [4.69, 9.17) is 10.5 Å². The molecule has 4 saturated carbocycles. The molecule has 3 N–H and O–H groups in total. The van der Waals surface area contributed by atoms with Crippen LogP contribution in [-0.2, 0) is 4.79 Å². The van der Waals surface area contributed by atoms with Crippen LogP contribution in [0, 0.1) is 34.6 Å². The highest BCUT2D eigenvalue weighted by molar-refractivity contribution is 5.91. The van der Waals surface area contributed by atoms with Crippen molar-refractivity contribution in [1.82, 2.24) is 19.9 Å². The monoisotopic (exact) mass is 447 g/mol. The van der Waals surface area contributed by atoms with Gasteiger partial charge in [0, 0.05) is 29.9 Å². The van der Waals surface area contributed by atoms with Crippen LogP contribution in [0.3, 0.4) is 0 Å². The standard InChI is InChI=1S/C24H29N7O2/c1-23(2,33-19-4-3-18(12-28-19)31-6-5-27-14-31)22(29-13-25)30-20-16-7-15-8-17(20)11-24(9-15,10-16)21(26)32/h3-6,12,14-17,20H,7-11H2,1-2H3,(H2,26,32)(H,29,30). The van der Waals surface area contributed by atoms with Gasteiger partial charge in [-0.1, -0.05) is 0 Å². The Balaban J connectivity index is 1.32. The summed E-state index contributed by atoms with van der Waals surface area (Å²) in [6.07, 6.45) is 13.6. The minimum Gasteiger partial charge on any atom is -0.463 e. The van der Waals surface area contributed by atoms with Crippen LogP contribution >= 0.6 is 0 Å². The molecule has 2 aromatic heterocycles. The number of primary amides is 1. The van der Waals surface area contributed by atoms with E-state index in [1.54, 1.807) is 24.8 Å². The first-order chi connectivity index (χ1) is 15.8. The van der Waals surface area contributed by atoms with Crippen molar-refractivity contribution < 1.29 is 9.53 Å². The average Bonchev–Trinajstić information content (AvgIpc) is 3.30. The highest BCUT2D eigenvalue weighted by atomic mass is 16.5. The summed E-state index contributed by atoms with van der Waals surface area (Å²) < 4.78 is 8.04. The predicted molar refractivity (Wildman–Crippen MR) is 121 cm³/mol. The lowest BCUT2D eigenvalue weighted by molar-refractivity contribution is -0.145. The van der Waals surface area contributed by atoms with Crippen molar-refractivity contribution in [3.8, 4) is 17.8 Å². The highest BCUT2D eigenvalue weighted by Crippen LogP contribution is 2.60. The first-order valence-corrected chi connectivity index (χ1v) is 11.5. The number of amidine groups is 1. The van der Waals surface area contributed by atoms with Crippen LogP contribution in [0.2, 0.25) is 0 Å². The maximum atomic E-state index is 12.2. The highest BCUT2D eigenvalue weighted by Gasteiger charge is 2.58. The van der Waals surface area contributed by atoms with Crippen LogP contribution in [-0.4, -0.2) is 37.9 Å². The van der Waals surface area contributed by atoms with Crippen LogP contribution < -0.4 is 15.8 Å². The van der Waals surface area contributed by atoms with Crippen molar-refractivity contribution in [3.05, 3.63) is 37.1 Å². The number of aromatic nitrogens is 3. The fourth-order valence-electron chi connectivity index (χ4n) is 6.42. The van der Waals surface area contributed by atoms with Gasteiger partial charge in [-0.05, 0) is 69.8 Å². The maximum absolute atomic E-state index is 12.2. The van der Waals surface area contributed by atoms with E-state index >= 15 is 0 Å². The first-order valence-electron chi connectivity index (χ1n) is 11.5. The molecule has 9 heteroatoms. The van der Waals surface area contributed by atoms with Gasteiger partial charge in [-0.15, -0.1) is 0 Å². The van der Waals surface area contributed by atoms with Crippen molar-refractivity contribution in [1.29, 1.82) is 5.26 Å². The number of aliphatic imine (C=N–C) groups is 1. The summed E-state index contributed by atoms with van der Waals surface area (Å²) >= 11 is 0. The van der Waals surface area contributed by atoms with Crippen LogP contribution in [0.1, 0.15) is 46.0 Å². The molecule has 2 heterocycles. The number of ether oxygens (including phenoxy) is 1. The van der Waals surface area contributed by atoms with Gasteiger partial charge >= 0.3 is 0 Å². The lowest BCUT2D eigenvalue weighted by Gasteiger charge is -2.59. The molecule has 4 bridgehead atoms. The second kappa shape index (κ2) is 7.87. The van der Waals surface area contributed by atoms with Gasteiger partial charge in [0.1, 0.15) is 0 Å². The van der Waals surface area contributed by atoms with Gasteiger partial charge in [-0.3, -0.25) is 4.79 Å². The lowest BCUT2D eigenvalue weighted by atomic mass is 9.47. The zero-order valence-electron chi connectivity index (χ0n) is 18.9. The van der Waals surface area contributed by atoms with Gasteiger partial charge in [0.15, 0.2) is 11.4 Å². The number of hydrogen-bond acceptors (Lipinski definition) is 6. The number of carbonyl (C=O) groups is 1. The Morgan fingerprint density at radius 1 is 1.33 bits per heavy atom. The quantitative estimate of drug-likeness (QED) is 0.397. The third-order valence-electron chi connectivity index (χ3n) is 7.71. The van der Waals surface area contributed by atoms with E-state index in [-0.39, 0.29) is 17.4 Å². The summed E-state index contributed by atoms with van der Waals surface area (Å²) in [7, 11) is 0. The Hall–Kier alpha value is -3.41. The topological polar surface area (TPSA) is 131 Å². The summed E-state index contributed by atoms with van der Waals surface area (Å²) in [5.41, 5.74) is 5.45. The molecular formula is C24H29N7O2. The number of imidazole rings is 1. The Morgan fingerprint density at radius 2 is 2.09 bits per heavy atom. The molecule has 2 aromatic rings. The van der Waals surface area contributed by atoms with E-state index in [2.05, 4.69) is 20.3 Å². The number of nitrogens with two attached hydrogens (primary N) is 1. The van der Waals surface area contributed by atoms with Gasteiger partial charge in [0.05, 0.1) is 18.2 Å². The van der Waals surface area contributed by atoms with Crippen molar-refractivity contribution in [2.24, 2.45) is 33.9 Å². The Kier molecular flexibility index (Phi) is 5.11. The van der Waals surface area contributed by atoms with Gasteiger partial charge in [0.25, 0.3) is 0 Å². The van der Waals surface area contributed by atoms with E-state index in [9.17, 15) is 10.1 Å². The molecule has 0 spiro atoms. The molecule has 9 nitrogen and oxygen atoms in total. The number of nitriles is 1. The molecule has 6 rings (SSSR count). The van der Waals surface area contributed by atoms with E-state index < -0.39 is 5.60 Å². The normalized spacial score (nSPS) is 30.6. The predicted octanol–water partition coefficient (Wildman–Crippen LogP) is 2.57. The minimum atomic E-state index is -0.894. The second-order valence-electron chi connectivity index (χ2n) is 10.3. The van der Waals surface area contributed by atoms with Gasteiger partial charge < -0.3 is 20.4 Å². The molecule has 0 saturated heterocycles. The number of amides is 1. The van der Waals surface area contributed by atoms with Crippen LogP contribution in [0.4, 0.5) is 0 Å². The number of hydrogen-bond donors (Lipinski definition) is 2. The van der Waals surface area contributed by atoms with Gasteiger partial charge in [0.2, 0.25) is 18.0 Å². The Labute approximate surface area is 193 Å². The van der Waals surface area contributed by atoms with E-state index in [0.717, 1.165) is 37.8 Å².